The van der Waals surface area contributed by atoms with Crippen LogP contribution in [-0.2, 0) is 0 Å². The number of H-pyrrole nitrogens is 2. The molecule has 1 unspecified atom stereocenters. The highest BCUT2D eigenvalue weighted by atomic mass is 35.5. The molecule has 5 nitrogen and oxygen atoms in total. The number of aromatic amines is 2. The van der Waals surface area contributed by atoms with E-state index in [-0.39, 0.29) is 5.69 Å². The number of hydrogen-bond donors (Lipinski definition) is 3. The minimum Gasteiger partial charge on any atom is -0.496 e. The molecule has 0 aliphatic heterocycles. The predicted octanol–water partition coefficient (Wildman–Crippen LogP) is 2.60. The fourth-order valence-electron chi connectivity index (χ4n) is 2.31. The number of methoxy groups -OCH3 is 1. The molecule has 0 amide bonds. The number of hydrogen-bond acceptors (Lipinski definition) is 3. The Balaban J connectivity index is 2.07. The Morgan fingerprint density at radius 3 is 2.67 bits per heavy atom. The fourth-order valence-corrected chi connectivity index (χ4v) is 2.47. The van der Waals surface area contributed by atoms with E-state index in [0.717, 1.165) is 0 Å². The summed E-state index contributed by atoms with van der Waals surface area (Å²) in [6, 6.07) is 10.3. The van der Waals surface area contributed by atoms with E-state index in [0.29, 0.717) is 32.9 Å². The van der Waals surface area contributed by atoms with Crippen LogP contribution in [0.15, 0.2) is 41.2 Å². The molecule has 6 heteroatoms. The number of aromatic nitrogens is 2. The molecule has 0 saturated heterocycles. The van der Waals surface area contributed by atoms with Crippen LogP contribution in [0, 0.1) is 0 Å². The number of aliphatic hydroxyl groups excluding tert-OH is 1. The van der Waals surface area contributed by atoms with E-state index in [1.54, 1.807) is 36.4 Å². The Kier molecular flexibility index (Phi) is 3.45. The van der Waals surface area contributed by atoms with Crippen LogP contribution in [0.25, 0.3) is 11.0 Å². The third-order valence-corrected chi connectivity index (χ3v) is 3.58. The molecule has 0 aliphatic carbocycles. The maximum absolute atomic E-state index is 11.3. The van der Waals surface area contributed by atoms with Gasteiger partial charge in [0.25, 0.3) is 0 Å². The van der Waals surface area contributed by atoms with Gasteiger partial charge in [-0.15, -0.1) is 0 Å². The molecule has 0 aliphatic rings. The number of fused-ring (bicyclic) bond motifs is 1. The molecule has 1 heterocycles. The summed E-state index contributed by atoms with van der Waals surface area (Å²) in [5.74, 6) is 0.512. The normalized spacial score (nSPS) is 12.5. The van der Waals surface area contributed by atoms with Gasteiger partial charge in [-0.25, -0.2) is 4.79 Å². The number of benzene rings is 2. The van der Waals surface area contributed by atoms with Crippen LogP contribution in [0.2, 0.25) is 5.02 Å². The molecule has 1 atom stereocenters. The van der Waals surface area contributed by atoms with E-state index >= 15 is 0 Å². The summed E-state index contributed by atoms with van der Waals surface area (Å²) in [6.45, 7) is 0. The predicted molar refractivity (Wildman–Crippen MR) is 81.0 cm³/mol. The Morgan fingerprint density at radius 2 is 1.90 bits per heavy atom. The molecule has 21 heavy (non-hydrogen) atoms. The number of nitrogens with one attached hydrogen (secondary N) is 2. The van der Waals surface area contributed by atoms with E-state index in [4.69, 9.17) is 16.3 Å². The van der Waals surface area contributed by atoms with E-state index in [1.807, 2.05) is 0 Å². The molecule has 3 N–H and O–H groups in total. The quantitative estimate of drug-likeness (QED) is 0.696. The van der Waals surface area contributed by atoms with Crippen LogP contribution in [0.5, 0.6) is 5.75 Å². The molecule has 0 spiro atoms. The lowest BCUT2D eigenvalue weighted by Crippen LogP contribution is -2.02. The SMILES string of the molecule is COc1cc(Cl)ccc1C(O)c1ccc2[nH]c(=O)[nH]c2c1. The van der Waals surface area contributed by atoms with Gasteiger partial charge in [-0.05, 0) is 29.8 Å². The average Bonchev–Trinajstić information content (AvgIpc) is 2.85. The second-order valence-electron chi connectivity index (χ2n) is 4.67. The van der Waals surface area contributed by atoms with Crippen LogP contribution in [0.4, 0.5) is 0 Å². The van der Waals surface area contributed by atoms with Crippen molar-refractivity contribution >= 4 is 22.6 Å². The van der Waals surface area contributed by atoms with Gasteiger partial charge >= 0.3 is 5.69 Å². The highest BCUT2D eigenvalue weighted by molar-refractivity contribution is 6.30. The molecule has 3 rings (SSSR count). The van der Waals surface area contributed by atoms with Crippen molar-refractivity contribution in [2.45, 2.75) is 6.10 Å². The fraction of sp³-hybridized carbons (Fsp3) is 0.133. The summed E-state index contributed by atoms with van der Waals surface area (Å²) in [4.78, 5) is 16.6. The molecule has 0 saturated carbocycles. The topological polar surface area (TPSA) is 78.1 Å². The van der Waals surface area contributed by atoms with Gasteiger partial charge in [-0.3, -0.25) is 0 Å². The molecular formula is C15H13ClN2O3. The monoisotopic (exact) mass is 304 g/mol. The Morgan fingerprint density at radius 1 is 1.14 bits per heavy atom. The molecule has 108 valence electrons. The standard InChI is InChI=1S/C15H13ClN2O3/c1-21-13-7-9(16)3-4-10(13)14(19)8-2-5-11-12(6-8)18-15(20)17-11/h2-7,14,19H,1H3,(H2,17,18,20). The van der Waals surface area contributed by atoms with Crippen molar-refractivity contribution in [3.8, 4) is 5.75 Å². The van der Waals surface area contributed by atoms with Gasteiger partial charge in [0, 0.05) is 10.6 Å². The third kappa shape index (κ3) is 2.53. The minimum absolute atomic E-state index is 0.277. The first-order valence-electron chi connectivity index (χ1n) is 6.32. The van der Waals surface area contributed by atoms with Gasteiger partial charge < -0.3 is 19.8 Å². The summed E-state index contributed by atoms with van der Waals surface area (Å²) in [5, 5.41) is 11.1. The molecule has 0 bridgehead atoms. The van der Waals surface area contributed by atoms with Crippen LogP contribution in [-0.4, -0.2) is 22.2 Å². The number of aliphatic hydroxyl groups is 1. The Bertz CT molecular complexity index is 853. The van der Waals surface area contributed by atoms with Gasteiger partial charge in [0.2, 0.25) is 0 Å². The van der Waals surface area contributed by atoms with E-state index in [2.05, 4.69) is 9.97 Å². The summed E-state index contributed by atoms with van der Waals surface area (Å²) < 4.78 is 5.25. The second-order valence-corrected chi connectivity index (χ2v) is 5.11. The first-order valence-corrected chi connectivity index (χ1v) is 6.70. The summed E-state index contributed by atoms with van der Waals surface area (Å²) >= 11 is 5.92. The van der Waals surface area contributed by atoms with Crippen molar-refractivity contribution in [2.24, 2.45) is 0 Å². The van der Waals surface area contributed by atoms with Crippen molar-refractivity contribution in [1.82, 2.24) is 9.97 Å². The van der Waals surface area contributed by atoms with Crippen molar-refractivity contribution in [3.63, 3.8) is 0 Å². The highest BCUT2D eigenvalue weighted by Gasteiger charge is 2.16. The maximum Gasteiger partial charge on any atom is 0.323 e. The van der Waals surface area contributed by atoms with Gasteiger partial charge in [0.1, 0.15) is 11.9 Å². The largest absolute Gasteiger partial charge is 0.496 e. The lowest BCUT2D eigenvalue weighted by atomic mass is 10.0. The van der Waals surface area contributed by atoms with Crippen molar-refractivity contribution in [1.29, 1.82) is 0 Å². The minimum atomic E-state index is -0.875. The number of ether oxygens (including phenoxy) is 1. The first-order chi connectivity index (χ1) is 10.1. The van der Waals surface area contributed by atoms with Gasteiger partial charge in [0.05, 0.1) is 18.1 Å². The lowest BCUT2D eigenvalue weighted by Gasteiger charge is -2.15. The smallest absolute Gasteiger partial charge is 0.323 e. The first kappa shape index (κ1) is 13.7. The zero-order valence-electron chi connectivity index (χ0n) is 11.2. The number of rotatable bonds is 3. The maximum atomic E-state index is 11.3. The van der Waals surface area contributed by atoms with E-state index in [9.17, 15) is 9.90 Å². The third-order valence-electron chi connectivity index (χ3n) is 3.35. The zero-order chi connectivity index (χ0) is 15.0. The number of imidazole rings is 1. The zero-order valence-corrected chi connectivity index (χ0v) is 11.9. The van der Waals surface area contributed by atoms with Crippen molar-refractivity contribution in [3.05, 3.63) is 63.0 Å². The van der Waals surface area contributed by atoms with Crippen LogP contribution < -0.4 is 10.4 Å². The van der Waals surface area contributed by atoms with Crippen LogP contribution in [0.3, 0.4) is 0 Å². The van der Waals surface area contributed by atoms with Gasteiger partial charge in [-0.2, -0.15) is 0 Å². The van der Waals surface area contributed by atoms with Crippen LogP contribution >= 0.6 is 11.6 Å². The summed E-state index contributed by atoms with van der Waals surface area (Å²) in [5.41, 5.74) is 2.32. The molecule has 0 radical (unpaired) electrons. The second kappa shape index (κ2) is 5.27. The number of halogens is 1. The van der Waals surface area contributed by atoms with Crippen molar-refractivity contribution < 1.29 is 9.84 Å². The van der Waals surface area contributed by atoms with Crippen LogP contribution in [0.1, 0.15) is 17.2 Å². The molecule has 2 aromatic carbocycles. The Hall–Kier alpha value is -2.24. The lowest BCUT2D eigenvalue weighted by molar-refractivity contribution is 0.215. The summed E-state index contributed by atoms with van der Waals surface area (Å²) in [6.07, 6.45) is -0.875. The molecule has 1 aromatic heterocycles. The van der Waals surface area contributed by atoms with E-state index < -0.39 is 6.10 Å². The molecule has 0 fully saturated rings. The molecular weight excluding hydrogens is 292 g/mol. The molecule has 3 aromatic rings. The van der Waals surface area contributed by atoms with Gasteiger partial charge in [0.15, 0.2) is 0 Å². The van der Waals surface area contributed by atoms with Gasteiger partial charge in [-0.1, -0.05) is 23.7 Å². The van der Waals surface area contributed by atoms with E-state index in [1.165, 1.54) is 7.11 Å². The average molecular weight is 305 g/mol. The van der Waals surface area contributed by atoms with Crippen molar-refractivity contribution in [2.75, 3.05) is 7.11 Å². The highest BCUT2D eigenvalue weighted by Crippen LogP contribution is 2.32. The Labute approximate surface area is 125 Å². The summed E-state index contributed by atoms with van der Waals surface area (Å²) in [7, 11) is 1.52.